The van der Waals surface area contributed by atoms with Gasteiger partial charge in [-0.25, -0.2) is 0 Å². The Kier molecular flexibility index (Phi) is 4.35. The maximum Gasteiger partial charge on any atom is 0.252 e. The third-order valence-corrected chi connectivity index (χ3v) is 3.78. The molecule has 1 heterocycles. The Balaban J connectivity index is 1.84. The number of nitrogens with zero attached hydrogens (tertiary/aromatic N) is 2. The first-order valence-electron chi connectivity index (χ1n) is 6.18. The molecule has 0 aromatic carbocycles. The van der Waals surface area contributed by atoms with Gasteiger partial charge in [-0.3, -0.25) is 14.7 Å². The molecule has 1 aliphatic rings. The molecule has 1 aromatic heterocycles. The highest BCUT2D eigenvalue weighted by Crippen LogP contribution is 2.26. The Morgan fingerprint density at radius 2 is 2.33 bits per heavy atom. The molecule has 1 aromatic rings. The van der Waals surface area contributed by atoms with Gasteiger partial charge in [0.15, 0.2) is 0 Å². The highest BCUT2D eigenvalue weighted by atomic mass is 79.9. The second-order valence-electron chi connectivity index (χ2n) is 4.85. The van der Waals surface area contributed by atoms with Crippen LogP contribution in [0.25, 0.3) is 0 Å². The molecule has 1 unspecified atom stereocenters. The van der Waals surface area contributed by atoms with Crippen LogP contribution in [0.15, 0.2) is 22.9 Å². The van der Waals surface area contributed by atoms with Crippen molar-refractivity contribution < 1.29 is 4.79 Å². The summed E-state index contributed by atoms with van der Waals surface area (Å²) in [6.45, 7) is 2.80. The lowest BCUT2D eigenvalue weighted by molar-refractivity contribution is 0.0939. The summed E-state index contributed by atoms with van der Waals surface area (Å²) in [5.41, 5.74) is 0.589. The number of nitrogens with one attached hydrogen (secondary N) is 1. The molecule has 98 valence electrons. The normalized spacial score (nSPS) is 16.7. The molecule has 2 rings (SSSR count). The second-order valence-corrected chi connectivity index (χ2v) is 5.76. The molecular weight excluding hydrogens is 294 g/mol. The minimum atomic E-state index is -0.0696. The van der Waals surface area contributed by atoms with E-state index in [2.05, 4.69) is 45.1 Å². The summed E-state index contributed by atoms with van der Waals surface area (Å²) in [6.07, 6.45) is 5.81. The van der Waals surface area contributed by atoms with E-state index in [1.807, 2.05) is 0 Å². The van der Waals surface area contributed by atoms with Gasteiger partial charge in [0.2, 0.25) is 0 Å². The van der Waals surface area contributed by atoms with Crippen LogP contribution < -0.4 is 5.32 Å². The Bertz CT molecular complexity index is 434. The fourth-order valence-corrected chi connectivity index (χ4v) is 2.23. The molecule has 0 radical (unpaired) electrons. The average molecular weight is 312 g/mol. The first-order valence-corrected chi connectivity index (χ1v) is 6.98. The number of rotatable bonds is 5. The van der Waals surface area contributed by atoms with E-state index in [9.17, 15) is 4.79 Å². The number of carbonyl (C=O) groups excluding carboxylic acids is 1. The van der Waals surface area contributed by atoms with Crippen LogP contribution >= 0.6 is 15.9 Å². The van der Waals surface area contributed by atoms with Crippen molar-refractivity contribution in [2.75, 3.05) is 13.6 Å². The van der Waals surface area contributed by atoms with E-state index >= 15 is 0 Å². The van der Waals surface area contributed by atoms with Gasteiger partial charge in [-0.05, 0) is 48.8 Å². The Labute approximate surface area is 116 Å². The molecule has 1 aliphatic carbocycles. The van der Waals surface area contributed by atoms with E-state index in [1.165, 1.54) is 12.8 Å². The third kappa shape index (κ3) is 3.53. The van der Waals surface area contributed by atoms with Crippen molar-refractivity contribution in [3.8, 4) is 0 Å². The summed E-state index contributed by atoms with van der Waals surface area (Å²) in [5.74, 6) is -0.0696. The summed E-state index contributed by atoms with van der Waals surface area (Å²) >= 11 is 3.31. The van der Waals surface area contributed by atoms with E-state index in [-0.39, 0.29) is 5.91 Å². The lowest BCUT2D eigenvalue weighted by atomic mass is 10.2. The molecule has 0 saturated heterocycles. The van der Waals surface area contributed by atoms with Gasteiger partial charge in [0.05, 0.1) is 5.56 Å². The number of pyridine rings is 1. The number of hydrogen-bond donors (Lipinski definition) is 1. The van der Waals surface area contributed by atoms with Crippen LogP contribution in [0.5, 0.6) is 0 Å². The lowest BCUT2D eigenvalue weighted by Gasteiger charge is -2.24. The van der Waals surface area contributed by atoms with Crippen molar-refractivity contribution in [1.82, 2.24) is 15.2 Å². The smallest absolute Gasteiger partial charge is 0.252 e. The predicted octanol–water partition coefficient (Wildman–Crippen LogP) is 2.06. The maximum atomic E-state index is 11.9. The second kappa shape index (κ2) is 5.80. The molecular formula is C13H18BrN3O. The van der Waals surface area contributed by atoms with Crippen molar-refractivity contribution in [3.05, 3.63) is 28.5 Å². The molecule has 1 N–H and O–H groups in total. The van der Waals surface area contributed by atoms with E-state index in [1.54, 1.807) is 18.5 Å². The molecule has 0 spiro atoms. The largest absolute Gasteiger partial charge is 0.350 e. The Hall–Kier alpha value is -0.940. The van der Waals surface area contributed by atoms with Crippen molar-refractivity contribution in [2.45, 2.75) is 31.8 Å². The molecule has 0 bridgehead atoms. The zero-order valence-corrected chi connectivity index (χ0v) is 12.3. The molecule has 18 heavy (non-hydrogen) atoms. The number of hydrogen-bond acceptors (Lipinski definition) is 3. The van der Waals surface area contributed by atoms with Crippen LogP contribution in [0.2, 0.25) is 0 Å². The van der Waals surface area contributed by atoms with Gasteiger partial charge < -0.3 is 5.32 Å². The van der Waals surface area contributed by atoms with Crippen LogP contribution in [0, 0.1) is 0 Å². The molecule has 4 nitrogen and oxygen atoms in total. The first kappa shape index (κ1) is 13.5. The average Bonchev–Trinajstić information content (AvgIpc) is 3.18. The fraction of sp³-hybridized carbons (Fsp3) is 0.538. The summed E-state index contributed by atoms with van der Waals surface area (Å²) in [7, 11) is 2.12. The summed E-state index contributed by atoms with van der Waals surface area (Å²) in [6, 6.07) is 2.85. The number of halogens is 1. The zero-order valence-electron chi connectivity index (χ0n) is 10.7. The fourth-order valence-electron chi connectivity index (χ4n) is 1.86. The standard InChI is InChI=1S/C13H18BrN3O/c1-9(17(2)12-3-4-12)6-16-13(18)10-5-11(14)8-15-7-10/h5,7-9,12H,3-4,6H2,1-2H3,(H,16,18). The van der Waals surface area contributed by atoms with Gasteiger partial charge in [0.1, 0.15) is 0 Å². The number of aromatic nitrogens is 1. The zero-order chi connectivity index (χ0) is 13.1. The third-order valence-electron chi connectivity index (χ3n) is 3.34. The molecule has 1 fully saturated rings. The first-order chi connectivity index (χ1) is 8.58. The monoisotopic (exact) mass is 311 g/mol. The molecule has 0 aliphatic heterocycles. The van der Waals surface area contributed by atoms with E-state index in [4.69, 9.17) is 0 Å². The Morgan fingerprint density at radius 3 is 2.94 bits per heavy atom. The van der Waals surface area contributed by atoms with Gasteiger partial charge >= 0.3 is 0 Å². The minimum Gasteiger partial charge on any atom is -0.350 e. The van der Waals surface area contributed by atoms with Gasteiger partial charge in [0.25, 0.3) is 5.91 Å². The highest BCUT2D eigenvalue weighted by molar-refractivity contribution is 9.10. The summed E-state index contributed by atoms with van der Waals surface area (Å²) in [4.78, 5) is 18.2. The number of likely N-dealkylation sites (N-methyl/N-ethyl adjacent to an activating group) is 1. The van der Waals surface area contributed by atoms with Gasteiger partial charge in [-0.2, -0.15) is 0 Å². The SMILES string of the molecule is CC(CNC(=O)c1cncc(Br)c1)N(C)C1CC1. The molecule has 1 saturated carbocycles. The van der Waals surface area contributed by atoms with Crippen molar-refractivity contribution in [3.63, 3.8) is 0 Å². The number of carbonyl (C=O) groups is 1. The van der Waals surface area contributed by atoms with Crippen LogP contribution in [0.1, 0.15) is 30.1 Å². The van der Waals surface area contributed by atoms with Gasteiger partial charge in [-0.15, -0.1) is 0 Å². The quantitative estimate of drug-likeness (QED) is 0.905. The maximum absolute atomic E-state index is 11.9. The van der Waals surface area contributed by atoms with Crippen LogP contribution in [0.3, 0.4) is 0 Å². The topological polar surface area (TPSA) is 45.2 Å². The van der Waals surface area contributed by atoms with E-state index in [0.717, 1.165) is 4.47 Å². The Morgan fingerprint density at radius 1 is 1.61 bits per heavy atom. The van der Waals surface area contributed by atoms with E-state index in [0.29, 0.717) is 24.2 Å². The molecule has 1 amide bonds. The summed E-state index contributed by atoms with van der Waals surface area (Å²) in [5, 5.41) is 2.95. The van der Waals surface area contributed by atoms with Crippen molar-refractivity contribution >= 4 is 21.8 Å². The highest BCUT2D eigenvalue weighted by Gasteiger charge is 2.29. The van der Waals surface area contributed by atoms with Crippen LogP contribution in [-0.2, 0) is 0 Å². The van der Waals surface area contributed by atoms with Crippen molar-refractivity contribution in [1.29, 1.82) is 0 Å². The summed E-state index contributed by atoms with van der Waals surface area (Å²) < 4.78 is 0.818. The number of amides is 1. The lowest BCUT2D eigenvalue weighted by Crippen LogP contribution is -2.41. The minimum absolute atomic E-state index is 0.0696. The molecule has 5 heteroatoms. The molecule has 1 atom stereocenters. The van der Waals surface area contributed by atoms with Gasteiger partial charge in [0, 0.05) is 35.5 Å². The predicted molar refractivity (Wildman–Crippen MR) is 74.5 cm³/mol. The van der Waals surface area contributed by atoms with E-state index < -0.39 is 0 Å². The van der Waals surface area contributed by atoms with Gasteiger partial charge in [-0.1, -0.05) is 0 Å². The van der Waals surface area contributed by atoms with Crippen LogP contribution in [-0.4, -0.2) is 41.5 Å². The van der Waals surface area contributed by atoms with Crippen molar-refractivity contribution in [2.24, 2.45) is 0 Å². The van der Waals surface area contributed by atoms with Crippen LogP contribution in [0.4, 0.5) is 0 Å².